The molecule has 0 aromatic heterocycles. The predicted octanol–water partition coefficient (Wildman–Crippen LogP) is 1.82. The van der Waals surface area contributed by atoms with Gasteiger partial charge >= 0.3 is 5.97 Å². The molecular weight excluding hydrogens is 128 g/mol. The van der Waals surface area contributed by atoms with Crippen molar-refractivity contribution in [1.82, 2.24) is 0 Å². The Morgan fingerprint density at radius 2 is 2.40 bits per heavy atom. The summed E-state index contributed by atoms with van der Waals surface area (Å²) in [5.74, 6) is -0.275. The van der Waals surface area contributed by atoms with Crippen LogP contribution in [0.4, 0.5) is 0 Å². The topological polar surface area (TPSA) is 37.3 Å². The van der Waals surface area contributed by atoms with Crippen molar-refractivity contribution in [2.75, 3.05) is 0 Å². The average molecular weight is 140 g/mol. The first-order valence-electron chi connectivity index (χ1n) is 3.66. The molecule has 0 aromatic rings. The molecule has 2 heteroatoms. The number of carbonyl (C=O) groups is 1. The van der Waals surface area contributed by atoms with Crippen LogP contribution in [0, 0.1) is 5.92 Å². The first-order chi connectivity index (χ1) is 4.79. The summed E-state index contributed by atoms with van der Waals surface area (Å²) in [5, 5.41) is 8.44. The molecule has 56 valence electrons. The molecule has 0 saturated heterocycles. The Balaban J connectivity index is 2.28. The molecule has 0 aliphatic heterocycles. The zero-order valence-corrected chi connectivity index (χ0v) is 5.92. The molecule has 0 bridgehead atoms. The second-order valence-electron chi connectivity index (χ2n) is 2.75. The van der Waals surface area contributed by atoms with Gasteiger partial charge in [0.05, 0.1) is 0 Å². The van der Waals surface area contributed by atoms with Gasteiger partial charge in [-0.2, -0.15) is 0 Å². The maximum absolute atomic E-state index is 10.2. The average Bonchev–Trinajstić information content (AvgIpc) is 1.88. The lowest BCUT2D eigenvalue weighted by Gasteiger charge is -2.14. The van der Waals surface area contributed by atoms with E-state index in [4.69, 9.17) is 5.11 Å². The minimum Gasteiger partial charge on any atom is -0.481 e. The van der Waals surface area contributed by atoms with Crippen LogP contribution >= 0.6 is 0 Å². The van der Waals surface area contributed by atoms with Crippen molar-refractivity contribution in [3.63, 3.8) is 0 Å². The zero-order chi connectivity index (χ0) is 7.40. The highest BCUT2D eigenvalue weighted by Crippen LogP contribution is 2.20. The van der Waals surface area contributed by atoms with Gasteiger partial charge in [0, 0.05) is 6.42 Å². The van der Waals surface area contributed by atoms with Crippen LogP contribution in [-0.4, -0.2) is 11.1 Å². The number of hydrogen-bond donors (Lipinski definition) is 1. The Morgan fingerprint density at radius 3 is 2.90 bits per heavy atom. The van der Waals surface area contributed by atoms with Crippen molar-refractivity contribution >= 4 is 5.97 Å². The lowest BCUT2D eigenvalue weighted by Crippen LogP contribution is -2.08. The number of rotatable bonds is 2. The third kappa shape index (κ3) is 2.21. The first kappa shape index (κ1) is 7.32. The lowest BCUT2D eigenvalue weighted by atomic mass is 9.92. The standard InChI is InChI=1S/C8H12O2/c9-8(10)6-7-4-2-1-3-5-7/h1-2,7H,3-6H2,(H,9,10)/t7-/m0/s1. The normalized spacial score (nSPS) is 24.6. The summed E-state index contributed by atoms with van der Waals surface area (Å²) in [6.45, 7) is 0. The smallest absolute Gasteiger partial charge is 0.303 e. The van der Waals surface area contributed by atoms with Crippen LogP contribution in [0.5, 0.6) is 0 Å². The molecule has 1 atom stereocenters. The van der Waals surface area contributed by atoms with Gasteiger partial charge in [0.2, 0.25) is 0 Å². The highest BCUT2D eigenvalue weighted by Gasteiger charge is 2.12. The highest BCUT2D eigenvalue weighted by molar-refractivity contribution is 5.67. The molecule has 0 fully saturated rings. The van der Waals surface area contributed by atoms with E-state index < -0.39 is 5.97 Å². The van der Waals surface area contributed by atoms with Crippen LogP contribution in [0.1, 0.15) is 25.7 Å². The third-order valence-electron chi connectivity index (χ3n) is 1.84. The Hall–Kier alpha value is -0.790. The number of carboxylic acid groups (broad SMARTS) is 1. The maximum Gasteiger partial charge on any atom is 0.303 e. The van der Waals surface area contributed by atoms with Gasteiger partial charge in [0.15, 0.2) is 0 Å². The molecule has 2 nitrogen and oxygen atoms in total. The van der Waals surface area contributed by atoms with Crippen LogP contribution in [-0.2, 0) is 4.79 Å². The molecule has 0 unspecified atom stereocenters. The van der Waals surface area contributed by atoms with E-state index in [1.165, 1.54) is 0 Å². The molecule has 0 radical (unpaired) electrons. The van der Waals surface area contributed by atoms with Crippen molar-refractivity contribution in [3.05, 3.63) is 12.2 Å². The van der Waals surface area contributed by atoms with E-state index in [-0.39, 0.29) is 0 Å². The van der Waals surface area contributed by atoms with Gasteiger partial charge in [-0.05, 0) is 25.2 Å². The second-order valence-corrected chi connectivity index (χ2v) is 2.75. The summed E-state index contributed by atoms with van der Waals surface area (Å²) in [5.41, 5.74) is 0. The maximum atomic E-state index is 10.2. The van der Waals surface area contributed by atoms with Gasteiger partial charge in [0.25, 0.3) is 0 Å². The van der Waals surface area contributed by atoms with Crippen molar-refractivity contribution < 1.29 is 9.90 Å². The van der Waals surface area contributed by atoms with E-state index in [0.717, 1.165) is 19.3 Å². The zero-order valence-electron chi connectivity index (χ0n) is 5.92. The van der Waals surface area contributed by atoms with Crippen LogP contribution in [0.3, 0.4) is 0 Å². The number of aliphatic carboxylic acids is 1. The highest BCUT2D eigenvalue weighted by atomic mass is 16.4. The molecule has 0 saturated carbocycles. The van der Waals surface area contributed by atoms with E-state index in [1.54, 1.807) is 0 Å². The summed E-state index contributed by atoms with van der Waals surface area (Å²) in [6, 6.07) is 0. The Labute approximate surface area is 60.6 Å². The lowest BCUT2D eigenvalue weighted by molar-refractivity contribution is -0.138. The fourth-order valence-electron chi connectivity index (χ4n) is 1.29. The van der Waals surface area contributed by atoms with Crippen molar-refractivity contribution in [2.45, 2.75) is 25.7 Å². The van der Waals surface area contributed by atoms with Crippen LogP contribution < -0.4 is 0 Å². The Morgan fingerprint density at radius 1 is 1.60 bits per heavy atom. The van der Waals surface area contributed by atoms with Crippen LogP contribution in [0.2, 0.25) is 0 Å². The van der Waals surface area contributed by atoms with Crippen molar-refractivity contribution in [1.29, 1.82) is 0 Å². The summed E-state index contributed by atoms with van der Waals surface area (Å²) in [6.07, 6.45) is 7.59. The van der Waals surface area contributed by atoms with E-state index >= 15 is 0 Å². The molecule has 1 aliphatic carbocycles. The molecule has 10 heavy (non-hydrogen) atoms. The van der Waals surface area contributed by atoms with Crippen LogP contribution in [0.15, 0.2) is 12.2 Å². The summed E-state index contributed by atoms with van der Waals surface area (Å²) >= 11 is 0. The van der Waals surface area contributed by atoms with E-state index in [0.29, 0.717) is 12.3 Å². The number of allylic oxidation sites excluding steroid dienone is 2. The van der Waals surface area contributed by atoms with Crippen molar-refractivity contribution in [2.24, 2.45) is 5.92 Å². The summed E-state index contributed by atoms with van der Waals surface area (Å²) in [7, 11) is 0. The fourth-order valence-corrected chi connectivity index (χ4v) is 1.29. The molecule has 0 spiro atoms. The SMILES string of the molecule is O=C(O)C[C@H]1CC=CCC1. The van der Waals surface area contributed by atoms with Gasteiger partial charge in [-0.1, -0.05) is 12.2 Å². The molecule has 1 N–H and O–H groups in total. The molecule has 0 amide bonds. The Kier molecular flexibility index (Phi) is 2.49. The third-order valence-corrected chi connectivity index (χ3v) is 1.84. The molecular formula is C8H12O2. The molecule has 1 aliphatic rings. The van der Waals surface area contributed by atoms with Gasteiger partial charge < -0.3 is 5.11 Å². The molecule has 0 aromatic carbocycles. The van der Waals surface area contributed by atoms with Crippen molar-refractivity contribution in [3.8, 4) is 0 Å². The minimum absolute atomic E-state index is 0.338. The number of carboxylic acids is 1. The van der Waals surface area contributed by atoms with E-state index in [9.17, 15) is 4.79 Å². The molecule has 1 rings (SSSR count). The van der Waals surface area contributed by atoms with Crippen LogP contribution in [0.25, 0.3) is 0 Å². The largest absolute Gasteiger partial charge is 0.481 e. The predicted molar refractivity (Wildman–Crippen MR) is 38.7 cm³/mol. The Bertz CT molecular complexity index is 149. The van der Waals surface area contributed by atoms with E-state index in [1.807, 2.05) is 0 Å². The minimum atomic E-state index is -0.666. The van der Waals surface area contributed by atoms with Gasteiger partial charge in [-0.3, -0.25) is 4.79 Å². The van der Waals surface area contributed by atoms with Gasteiger partial charge in [-0.25, -0.2) is 0 Å². The second kappa shape index (κ2) is 3.40. The molecule has 0 heterocycles. The summed E-state index contributed by atoms with van der Waals surface area (Å²) < 4.78 is 0. The monoisotopic (exact) mass is 140 g/mol. The first-order valence-corrected chi connectivity index (χ1v) is 3.66. The van der Waals surface area contributed by atoms with Gasteiger partial charge in [-0.15, -0.1) is 0 Å². The fraction of sp³-hybridized carbons (Fsp3) is 0.625. The van der Waals surface area contributed by atoms with Gasteiger partial charge in [0.1, 0.15) is 0 Å². The van der Waals surface area contributed by atoms with E-state index in [2.05, 4.69) is 12.2 Å². The quantitative estimate of drug-likeness (QED) is 0.594. The number of hydrogen-bond acceptors (Lipinski definition) is 1. The summed E-state index contributed by atoms with van der Waals surface area (Å²) in [4.78, 5) is 10.2.